The van der Waals surface area contributed by atoms with Crippen molar-refractivity contribution in [1.82, 2.24) is 4.98 Å². The van der Waals surface area contributed by atoms with Crippen LogP contribution in [0.25, 0.3) is 0 Å². The number of aromatic nitrogens is 1. The summed E-state index contributed by atoms with van der Waals surface area (Å²) in [4.78, 5) is 37.3. The summed E-state index contributed by atoms with van der Waals surface area (Å²) < 4.78 is 13.1. The van der Waals surface area contributed by atoms with Gasteiger partial charge in [0.05, 0.1) is 18.2 Å². The number of nitrogens with one attached hydrogen (secondary N) is 1. The fraction of sp³-hybridized carbons (Fsp3) is 0.0667. The highest BCUT2D eigenvalue weighted by Gasteiger charge is 2.20. The zero-order valence-corrected chi connectivity index (χ0v) is 12.4. The number of phenols is 2. The standard InChI is InChI=1S/C15H11FN2O7/c16-7-3-9(15(24)25)13(17-5-7)18-14(23)8-4-10(19)6(1-11(8)20)2-12(21)22/h1,3-5,19-20H,2H2,(H,21,22)(H,24,25)(H,17,18,23). The molecule has 0 aliphatic rings. The number of amides is 1. The van der Waals surface area contributed by atoms with E-state index in [0.717, 1.165) is 12.1 Å². The van der Waals surface area contributed by atoms with E-state index in [-0.39, 0.29) is 5.56 Å². The largest absolute Gasteiger partial charge is 0.508 e. The van der Waals surface area contributed by atoms with Crippen molar-refractivity contribution in [1.29, 1.82) is 0 Å². The number of aromatic hydroxyl groups is 2. The van der Waals surface area contributed by atoms with Crippen LogP contribution in [-0.4, -0.2) is 43.3 Å². The first-order chi connectivity index (χ1) is 11.7. The number of carboxylic acids is 2. The van der Waals surface area contributed by atoms with Crippen molar-refractivity contribution < 1.29 is 39.2 Å². The first-order valence-corrected chi connectivity index (χ1v) is 6.66. The average Bonchev–Trinajstić information content (AvgIpc) is 2.51. The van der Waals surface area contributed by atoms with Crippen molar-refractivity contribution in [2.75, 3.05) is 5.32 Å². The Labute approximate surface area is 139 Å². The van der Waals surface area contributed by atoms with E-state index < -0.39 is 58.5 Å². The Bertz CT molecular complexity index is 882. The van der Waals surface area contributed by atoms with Gasteiger partial charge in [-0.25, -0.2) is 14.2 Å². The number of aromatic carboxylic acids is 1. The molecule has 0 fully saturated rings. The molecule has 1 heterocycles. The number of hydrogen-bond acceptors (Lipinski definition) is 6. The number of pyridine rings is 1. The van der Waals surface area contributed by atoms with E-state index in [4.69, 9.17) is 10.2 Å². The smallest absolute Gasteiger partial charge is 0.339 e. The first kappa shape index (κ1) is 17.7. The number of aliphatic carboxylic acids is 1. The molecule has 0 radical (unpaired) electrons. The van der Waals surface area contributed by atoms with Gasteiger partial charge in [0.2, 0.25) is 0 Å². The molecule has 1 aromatic carbocycles. The number of hydrogen-bond donors (Lipinski definition) is 5. The highest BCUT2D eigenvalue weighted by Crippen LogP contribution is 2.28. The molecule has 0 atom stereocenters. The third kappa shape index (κ3) is 3.99. The van der Waals surface area contributed by atoms with Crippen LogP contribution in [0.5, 0.6) is 11.5 Å². The molecule has 2 aromatic rings. The molecule has 1 aromatic heterocycles. The van der Waals surface area contributed by atoms with Gasteiger partial charge < -0.3 is 25.7 Å². The molecule has 0 bridgehead atoms. The maximum absolute atomic E-state index is 13.1. The fourth-order valence-electron chi connectivity index (χ4n) is 1.98. The molecule has 0 spiro atoms. The number of anilines is 1. The number of benzene rings is 1. The maximum atomic E-state index is 13.1. The molecule has 9 nitrogen and oxygen atoms in total. The predicted molar refractivity (Wildman–Crippen MR) is 80.2 cm³/mol. The quantitative estimate of drug-likeness (QED) is 0.504. The summed E-state index contributed by atoms with van der Waals surface area (Å²) in [5, 5.41) is 39.3. The van der Waals surface area contributed by atoms with Gasteiger partial charge in [0, 0.05) is 5.56 Å². The second-order valence-corrected chi connectivity index (χ2v) is 4.88. The first-order valence-electron chi connectivity index (χ1n) is 6.66. The van der Waals surface area contributed by atoms with Crippen LogP contribution in [0.3, 0.4) is 0 Å². The minimum Gasteiger partial charge on any atom is -0.508 e. The third-order valence-electron chi connectivity index (χ3n) is 3.10. The summed E-state index contributed by atoms with van der Waals surface area (Å²) in [5.41, 5.74) is -1.18. The van der Waals surface area contributed by atoms with E-state index in [1.165, 1.54) is 0 Å². The molecule has 0 saturated heterocycles. The van der Waals surface area contributed by atoms with Crippen molar-refractivity contribution in [3.8, 4) is 11.5 Å². The average molecular weight is 350 g/mol. The molecule has 10 heteroatoms. The highest BCUT2D eigenvalue weighted by atomic mass is 19.1. The number of halogens is 1. The Hall–Kier alpha value is -3.69. The minimum absolute atomic E-state index is 0.118. The molecular weight excluding hydrogens is 339 g/mol. The van der Waals surface area contributed by atoms with Crippen LogP contribution in [0.4, 0.5) is 10.2 Å². The van der Waals surface area contributed by atoms with Crippen molar-refractivity contribution in [2.24, 2.45) is 0 Å². The van der Waals surface area contributed by atoms with Crippen molar-refractivity contribution in [3.05, 3.63) is 46.9 Å². The summed E-state index contributed by atoms with van der Waals surface area (Å²) in [6, 6.07) is 2.37. The van der Waals surface area contributed by atoms with Gasteiger partial charge in [-0.15, -0.1) is 0 Å². The van der Waals surface area contributed by atoms with E-state index >= 15 is 0 Å². The molecule has 0 unspecified atom stereocenters. The van der Waals surface area contributed by atoms with Gasteiger partial charge in [0.25, 0.3) is 5.91 Å². The summed E-state index contributed by atoms with van der Waals surface area (Å²) in [6.07, 6.45) is 0.110. The molecule has 0 saturated carbocycles. The number of phenolic OH excluding ortho intramolecular Hbond substituents is 2. The van der Waals surface area contributed by atoms with E-state index in [9.17, 15) is 29.0 Å². The Morgan fingerprint density at radius 1 is 1.04 bits per heavy atom. The van der Waals surface area contributed by atoms with Crippen LogP contribution in [0.2, 0.25) is 0 Å². The van der Waals surface area contributed by atoms with Crippen LogP contribution in [-0.2, 0) is 11.2 Å². The van der Waals surface area contributed by atoms with E-state index in [1.54, 1.807) is 0 Å². The van der Waals surface area contributed by atoms with Gasteiger partial charge in [-0.05, 0) is 18.2 Å². The number of rotatable bonds is 5. The van der Waals surface area contributed by atoms with Crippen LogP contribution >= 0.6 is 0 Å². The molecule has 130 valence electrons. The number of carbonyl (C=O) groups excluding carboxylic acids is 1. The lowest BCUT2D eigenvalue weighted by molar-refractivity contribution is -0.136. The second-order valence-electron chi connectivity index (χ2n) is 4.88. The summed E-state index contributed by atoms with van der Waals surface area (Å²) >= 11 is 0. The lowest BCUT2D eigenvalue weighted by atomic mass is 10.1. The minimum atomic E-state index is -1.54. The van der Waals surface area contributed by atoms with Crippen molar-refractivity contribution in [3.63, 3.8) is 0 Å². The molecule has 0 aliphatic heterocycles. The lowest BCUT2D eigenvalue weighted by Crippen LogP contribution is -2.17. The lowest BCUT2D eigenvalue weighted by Gasteiger charge is -2.10. The molecule has 25 heavy (non-hydrogen) atoms. The summed E-state index contributed by atoms with van der Waals surface area (Å²) in [7, 11) is 0. The van der Waals surface area contributed by atoms with Gasteiger partial charge in [-0.2, -0.15) is 0 Å². The van der Waals surface area contributed by atoms with Gasteiger partial charge in [-0.3, -0.25) is 9.59 Å². The van der Waals surface area contributed by atoms with Crippen molar-refractivity contribution in [2.45, 2.75) is 6.42 Å². The number of carbonyl (C=O) groups is 3. The molecule has 2 rings (SSSR count). The van der Waals surface area contributed by atoms with Crippen molar-refractivity contribution >= 4 is 23.7 Å². The maximum Gasteiger partial charge on any atom is 0.339 e. The number of nitrogens with zero attached hydrogens (tertiary/aromatic N) is 1. The highest BCUT2D eigenvalue weighted by molar-refractivity contribution is 6.08. The molecular formula is C15H11FN2O7. The zero-order valence-electron chi connectivity index (χ0n) is 12.4. The second kappa shape index (κ2) is 6.83. The fourth-order valence-corrected chi connectivity index (χ4v) is 1.98. The molecule has 1 amide bonds. The topological polar surface area (TPSA) is 157 Å². The van der Waals surface area contributed by atoms with Gasteiger partial charge in [0.15, 0.2) is 0 Å². The van der Waals surface area contributed by atoms with Gasteiger partial charge >= 0.3 is 11.9 Å². The van der Waals surface area contributed by atoms with Crippen LogP contribution in [0.15, 0.2) is 24.4 Å². The number of carboxylic acid groups (broad SMARTS) is 2. The van der Waals surface area contributed by atoms with E-state index in [0.29, 0.717) is 12.3 Å². The predicted octanol–water partition coefficient (Wildman–Crippen LogP) is 1.21. The van der Waals surface area contributed by atoms with E-state index in [1.807, 2.05) is 0 Å². The van der Waals surface area contributed by atoms with Crippen LogP contribution < -0.4 is 5.32 Å². The van der Waals surface area contributed by atoms with E-state index in [2.05, 4.69) is 10.3 Å². The normalized spacial score (nSPS) is 10.3. The van der Waals surface area contributed by atoms with Gasteiger partial charge in [0.1, 0.15) is 28.7 Å². The monoisotopic (exact) mass is 350 g/mol. The molecule has 0 aliphatic carbocycles. The Morgan fingerprint density at radius 3 is 2.32 bits per heavy atom. The molecule has 5 N–H and O–H groups in total. The summed E-state index contributed by atoms with van der Waals surface area (Å²) in [6.45, 7) is 0. The third-order valence-corrected chi connectivity index (χ3v) is 3.10. The van der Waals surface area contributed by atoms with Gasteiger partial charge in [-0.1, -0.05) is 0 Å². The SMILES string of the molecule is O=C(O)Cc1cc(O)c(C(=O)Nc2ncc(F)cc2C(=O)O)cc1O. The Kier molecular flexibility index (Phi) is 4.82. The van der Waals surface area contributed by atoms with Crippen LogP contribution in [0.1, 0.15) is 26.3 Å². The zero-order chi connectivity index (χ0) is 18.7. The van der Waals surface area contributed by atoms with Crippen LogP contribution in [0, 0.1) is 5.82 Å². The Morgan fingerprint density at radius 2 is 1.72 bits per heavy atom. The summed E-state index contributed by atoms with van der Waals surface area (Å²) in [5.74, 6) is -6.39. The Balaban J connectivity index is 2.35.